The monoisotopic (exact) mass is 346 g/mol. The average Bonchev–Trinajstić information content (AvgIpc) is 2.55. The first kappa shape index (κ1) is 18.0. The highest BCUT2D eigenvalue weighted by Crippen LogP contribution is 2.17. The second-order valence-corrected chi connectivity index (χ2v) is 7.34. The Bertz CT molecular complexity index is 789. The molecule has 128 valence electrons. The fourth-order valence-electron chi connectivity index (χ4n) is 2.35. The molecule has 0 saturated heterocycles. The smallest absolute Gasteiger partial charge is 0.261 e. The van der Waals surface area contributed by atoms with E-state index in [-0.39, 0.29) is 16.8 Å². The van der Waals surface area contributed by atoms with Gasteiger partial charge in [-0.3, -0.25) is 9.52 Å². The van der Waals surface area contributed by atoms with Gasteiger partial charge in [0.25, 0.3) is 15.9 Å². The maximum atomic E-state index is 12.3. The summed E-state index contributed by atoms with van der Waals surface area (Å²) in [4.78, 5) is 12.4. The molecule has 0 aromatic heterocycles. The van der Waals surface area contributed by atoms with Crippen LogP contribution in [0.1, 0.15) is 37.0 Å². The van der Waals surface area contributed by atoms with Crippen molar-refractivity contribution >= 4 is 21.6 Å². The molecule has 0 aliphatic heterocycles. The van der Waals surface area contributed by atoms with E-state index in [0.717, 1.165) is 12.8 Å². The summed E-state index contributed by atoms with van der Waals surface area (Å²) in [6.45, 7) is 4.00. The molecule has 1 atom stereocenters. The first-order valence-electron chi connectivity index (χ1n) is 7.91. The van der Waals surface area contributed by atoms with Crippen LogP contribution in [0.15, 0.2) is 59.5 Å². The molecule has 0 unspecified atom stereocenters. The van der Waals surface area contributed by atoms with Crippen molar-refractivity contribution in [3.8, 4) is 0 Å². The highest BCUT2D eigenvalue weighted by atomic mass is 32.2. The van der Waals surface area contributed by atoms with E-state index in [2.05, 4.69) is 17.0 Å². The standard InChI is InChI=1S/C18H22N2O3S/c1-3-8-14(2)19-18(21)15-9-7-10-16(13-15)20-24(22,23)17-11-5-4-6-12-17/h4-7,9-14,20H,3,8H2,1-2H3,(H,19,21)/t14-/m1/s1. The van der Waals surface area contributed by atoms with Gasteiger partial charge in [-0.05, 0) is 43.7 Å². The summed E-state index contributed by atoms with van der Waals surface area (Å²) < 4.78 is 27.2. The van der Waals surface area contributed by atoms with E-state index in [1.807, 2.05) is 6.92 Å². The second kappa shape index (κ2) is 7.97. The van der Waals surface area contributed by atoms with E-state index in [4.69, 9.17) is 0 Å². The Hall–Kier alpha value is -2.34. The van der Waals surface area contributed by atoms with Crippen molar-refractivity contribution in [2.75, 3.05) is 4.72 Å². The van der Waals surface area contributed by atoms with Crippen LogP contribution in [0.3, 0.4) is 0 Å². The molecule has 24 heavy (non-hydrogen) atoms. The van der Waals surface area contributed by atoms with Gasteiger partial charge in [0.05, 0.1) is 4.90 Å². The number of carbonyl (C=O) groups is 1. The minimum absolute atomic E-state index is 0.0761. The van der Waals surface area contributed by atoms with Gasteiger partial charge in [0, 0.05) is 17.3 Å². The van der Waals surface area contributed by atoms with Crippen LogP contribution in [0.5, 0.6) is 0 Å². The minimum Gasteiger partial charge on any atom is -0.350 e. The fourth-order valence-corrected chi connectivity index (χ4v) is 3.42. The zero-order valence-corrected chi connectivity index (χ0v) is 14.6. The van der Waals surface area contributed by atoms with Crippen molar-refractivity contribution in [2.45, 2.75) is 37.6 Å². The molecule has 0 radical (unpaired) electrons. The Kier molecular flexibility index (Phi) is 5.98. The van der Waals surface area contributed by atoms with Crippen molar-refractivity contribution in [3.63, 3.8) is 0 Å². The number of rotatable bonds is 7. The lowest BCUT2D eigenvalue weighted by Crippen LogP contribution is -2.32. The maximum Gasteiger partial charge on any atom is 0.261 e. The molecule has 2 aromatic rings. The molecular formula is C18H22N2O3S. The summed E-state index contributed by atoms with van der Waals surface area (Å²) in [5.74, 6) is -0.211. The van der Waals surface area contributed by atoms with Crippen LogP contribution < -0.4 is 10.0 Å². The zero-order valence-electron chi connectivity index (χ0n) is 13.8. The Labute approximate surface area is 143 Å². The van der Waals surface area contributed by atoms with Crippen molar-refractivity contribution in [3.05, 3.63) is 60.2 Å². The van der Waals surface area contributed by atoms with Crippen LogP contribution >= 0.6 is 0 Å². The Morgan fingerprint density at radius 2 is 1.79 bits per heavy atom. The Morgan fingerprint density at radius 3 is 2.46 bits per heavy atom. The molecule has 0 fully saturated rings. The summed E-state index contributed by atoms with van der Waals surface area (Å²) in [6, 6.07) is 14.7. The fraction of sp³-hybridized carbons (Fsp3) is 0.278. The minimum atomic E-state index is -3.67. The van der Waals surface area contributed by atoms with Crippen molar-refractivity contribution in [1.82, 2.24) is 5.32 Å². The highest BCUT2D eigenvalue weighted by molar-refractivity contribution is 7.92. The third kappa shape index (κ3) is 4.83. The van der Waals surface area contributed by atoms with E-state index in [1.54, 1.807) is 36.4 Å². The molecule has 0 bridgehead atoms. The topological polar surface area (TPSA) is 75.3 Å². The van der Waals surface area contributed by atoms with Gasteiger partial charge in [0.1, 0.15) is 0 Å². The molecule has 1 amide bonds. The van der Waals surface area contributed by atoms with E-state index < -0.39 is 10.0 Å². The van der Waals surface area contributed by atoms with Crippen molar-refractivity contribution in [2.24, 2.45) is 0 Å². The first-order chi connectivity index (χ1) is 11.4. The maximum absolute atomic E-state index is 12.3. The van der Waals surface area contributed by atoms with Crippen molar-refractivity contribution < 1.29 is 13.2 Å². The molecular weight excluding hydrogens is 324 g/mol. The summed E-state index contributed by atoms with van der Waals surface area (Å²) in [6.07, 6.45) is 1.88. The predicted molar refractivity (Wildman–Crippen MR) is 95.5 cm³/mol. The molecule has 0 heterocycles. The zero-order chi connectivity index (χ0) is 17.6. The van der Waals surface area contributed by atoms with Gasteiger partial charge in [-0.25, -0.2) is 8.42 Å². The number of benzene rings is 2. The van der Waals surface area contributed by atoms with Gasteiger partial charge < -0.3 is 5.32 Å². The molecule has 2 aromatic carbocycles. The molecule has 6 heteroatoms. The third-order valence-corrected chi connectivity index (χ3v) is 4.93. The molecule has 5 nitrogen and oxygen atoms in total. The van der Waals surface area contributed by atoms with Gasteiger partial charge in [-0.1, -0.05) is 37.6 Å². The average molecular weight is 346 g/mol. The lowest BCUT2D eigenvalue weighted by Gasteiger charge is -2.13. The van der Waals surface area contributed by atoms with E-state index in [1.165, 1.54) is 18.2 Å². The molecule has 0 aliphatic rings. The van der Waals surface area contributed by atoms with Crippen LogP contribution in [0, 0.1) is 0 Å². The van der Waals surface area contributed by atoms with Crippen LogP contribution in [0.2, 0.25) is 0 Å². The lowest BCUT2D eigenvalue weighted by atomic mass is 10.1. The predicted octanol–water partition coefficient (Wildman–Crippen LogP) is 3.41. The van der Waals surface area contributed by atoms with Gasteiger partial charge in [-0.2, -0.15) is 0 Å². The summed E-state index contributed by atoms with van der Waals surface area (Å²) in [5.41, 5.74) is 0.779. The third-order valence-electron chi connectivity index (χ3n) is 3.53. The van der Waals surface area contributed by atoms with Gasteiger partial charge in [0.2, 0.25) is 0 Å². The first-order valence-corrected chi connectivity index (χ1v) is 9.39. The second-order valence-electron chi connectivity index (χ2n) is 5.66. The summed E-state index contributed by atoms with van der Waals surface area (Å²) in [7, 11) is -3.67. The van der Waals surface area contributed by atoms with E-state index in [9.17, 15) is 13.2 Å². The highest BCUT2D eigenvalue weighted by Gasteiger charge is 2.15. The number of anilines is 1. The Balaban J connectivity index is 2.14. The summed E-state index contributed by atoms with van der Waals surface area (Å²) >= 11 is 0. The number of nitrogens with one attached hydrogen (secondary N) is 2. The number of amides is 1. The Morgan fingerprint density at radius 1 is 1.08 bits per heavy atom. The van der Waals surface area contributed by atoms with Crippen LogP contribution in [0.25, 0.3) is 0 Å². The van der Waals surface area contributed by atoms with Crippen molar-refractivity contribution in [1.29, 1.82) is 0 Å². The SMILES string of the molecule is CCC[C@@H](C)NC(=O)c1cccc(NS(=O)(=O)c2ccccc2)c1. The quantitative estimate of drug-likeness (QED) is 0.807. The van der Waals surface area contributed by atoms with E-state index >= 15 is 0 Å². The summed E-state index contributed by atoms with van der Waals surface area (Å²) in [5, 5.41) is 2.90. The van der Waals surface area contributed by atoms with Gasteiger partial charge in [-0.15, -0.1) is 0 Å². The number of sulfonamides is 1. The molecule has 0 spiro atoms. The number of hydrogen-bond acceptors (Lipinski definition) is 3. The number of carbonyl (C=O) groups excluding carboxylic acids is 1. The largest absolute Gasteiger partial charge is 0.350 e. The number of hydrogen-bond donors (Lipinski definition) is 2. The van der Waals surface area contributed by atoms with Crippen LogP contribution in [-0.2, 0) is 10.0 Å². The van der Waals surface area contributed by atoms with Gasteiger partial charge in [0.15, 0.2) is 0 Å². The van der Waals surface area contributed by atoms with Crippen LogP contribution in [-0.4, -0.2) is 20.4 Å². The molecule has 2 N–H and O–H groups in total. The molecule has 0 aliphatic carbocycles. The normalized spacial score (nSPS) is 12.4. The van der Waals surface area contributed by atoms with E-state index in [0.29, 0.717) is 11.3 Å². The van der Waals surface area contributed by atoms with Crippen LogP contribution in [0.4, 0.5) is 5.69 Å². The lowest BCUT2D eigenvalue weighted by molar-refractivity contribution is 0.0938. The molecule has 2 rings (SSSR count). The molecule has 0 saturated carbocycles. The van der Waals surface area contributed by atoms with Gasteiger partial charge >= 0.3 is 0 Å².